The maximum Gasteiger partial charge on any atom is 0.409 e. The van der Waals surface area contributed by atoms with Crippen LogP contribution >= 0.6 is 0 Å². The van der Waals surface area contributed by atoms with Crippen molar-refractivity contribution in [2.45, 2.75) is 63.8 Å². The molecule has 0 aromatic heterocycles. The van der Waals surface area contributed by atoms with Crippen molar-refractivity contribution in [3.05, 3.63) is 0 Å². The quantitative estimate of drug-likeness (QED) is 0.615. The van der Waals surface area contributed by atoms with Crippen molar-refractivity contribution >= 4 is 6.09 Å². The predicted molar refractivity (Wildman–Crippen MR) is 75.2 cm³/mol. The molecule has 2 aliphatic rings. The second-order valence-electron chi connectivity index (χ2n) is 5.20. The highest BCUT2D eigenvalue weighted by Gasteiger charge is 2.19. The Morgan fingerprint density at radius 3 is 2.42 bits per heavy atom. The van der Waals surface area contributed by atoms with E-state index in [4.69, 9.17) is 4.74 Å². The molecule has 0 saturated carbocycles. The molecule has 0 spiro atoms. The molecule has 1 amide bonds. The summed E-state index contributed by atoms with van der Waals surface area (Å²) >= 11 is 0. The lowest BCUT2D eigenvalue weighted by atomic mass is 10.2. The standard InChI is InChI=1S/C13H25N3O2.H3N/c17-13(16-11-7-3-1-5-9-14-11)18-12-8-4-2-6-10-15-12;/h11-12,14-15H,1-10H2,(H,16,17);1H3. The zero-order chi connectivity index (χ0) is 12.6. The van der Waals surface area contributed by atoms with E-state index >= 15 is 0 Å². The second-order valence-corrected chi connectivity index (χ2v) is 5.20. The number of amides is 1. The Balaban J connectivity index is 0.00000180. The van der Waals surface area contributed by atoms with Crippen molar-refractivity contribution in [2.75, 3.05) is 13.1 Å². The number of hydrogen-bond acceptors (Lipinski definition) is 5. The lowest BCUT2D eigenvalue weighted by Gasteiger charge is -2.21. The summed E-state index contributed by atoms with van der Waals surface area (Å²) in [7, 11) is 0. The van der Waals surface area contributed by atoms with Crippen molar-refractivity contribution in [1.82, 2.24) is 22.1 Å². The van der Waals surface area contributed by atoms with Crippen LogP contribution in [0.25, 0.3) is 0 Å². The van der Waals surface area contributed by atoms with E-state index in [2.05, 4.69) is 16.0 Å². The van der Waals surface area contributed by atoms with E-state index in [9.17, 15) is 4.79 Å². The van der Waals surface area contributed by atoms with Crippen LogP contribution in [0.15, 0.2) is 0 Å². The number of carbonyl (C=O) groups is 1. The average Bonchev–Trinajstić information content (AvgIpc) is 2.74. The molecule has 0 bridgehead atoms. The van der Waals surface area contributed by atoms with Crippen molar-refractivity contribution in [1.29, 1.82) is 0 Å². The number of nitrogens with one attached hydrogen (secondary N) is 3. The summed E-state index contributed by atoms with van der Waals surface area (Å²) in [6.07, 6.45) is 8.70. The van der Waals surface area contributed by atoms with Gasteiger partial charge in [0.15, 0.2) is 6.23 Å². The number of hydrogen-bond donors (Lipinski definition) is 4. The molecule has 0 aromatic carbocycles. The Bertz CT molecular complexity index is 223. The van der Waals surface area contributed by atoms with Gasteiger partial charge in [-0.15, -0.1) is 0 Å². The fourth-order valence-electron chi connectivity index (χ4n) is 2.55. The number of carbonyl (C=O) groups excluding carboxylic acids is 1. The Morgan fingerprint density at radius 1 is 0.947 bits per heavy atom. The van der Waals surface area contributed by atoms with Gasteiger partial charge in [0.25, 0.3) is 0 Å². The van der Waals surface area contributed by atoms with Crippen molar-refractivity contribution < 1.29 is 9.53 Å². The molecule has 2 fully saturated rings. The lowest BCUT2D eigenvalue weighted by Crippen LogP contribution is -2.47. The lowest BCUT2D eigenvalue weighted by molar-refractivity contribution is 0.0718. The van der Waals surface area contributed by atoms with Crippen LogP contribution in [-0.4, -0.2) is 31.6 Å². The summed E-state index contributed by atoms with van der Waals surface area (Å²) in [5.41, 5.74) is 0. The number of rotatable bonds is 2. The molecule has 2 aliphatic heterocycles. The fraction of sp³-hybridized carbons (Fsp3) is 0.923. The minimum atomic E-state index is -0.297. The van der Waals surface area contributed by atoms with E-state index in [1.54, 1.807) is 0 Å². The van der Waals surface area contributed by atoms with Gasteiger partial charge in [0, 0.05) is 0 Å². The van der Waals surface area contributed by atoms with Crippen LogP contribution in [0.2, 0.25) is 0 Å². The third-order valence-corrected chi connectivity index (χ3v) is 3.62. The van der Waals surface area contributed by atoms with Gasteiger partial charge < -0.3 is 16.2 Å². The molecule has 2 unspecified atom stereocenters. The first-order chi connectivity index (χ1) is 8.84. The molecule has 6 N–H and O–H groups in total. The average molecular weight is 272 g/mol. The van der Waals surface area contributed by atoms with Gasteiger partial charge >= 0.3 is 6.09 Å². The summed E-state index contributed by atoms with van der Waals surface area (Å²) < 4.78 is 5.41. The third-order valence-electron chi connectivity index (χ3n) is 3.62. The van der Waals surface area contributed by atoms with E-state index < -0.39 is 0 Å². The SMILES string of the molecule is N.O=C(NC1CCCCCN1)OC1CCCCCN1. The maximum atomic E-state index is 11.8. The van der Waals surface area contributed by atoms with Crippen LogP contribution in [0.5, 0.6) is 0 Å². The zero-order valence-corrected chi connectivity index (χ0v) is 11.7. The van der Waals surface area contributed by atoms with Gasteiger partial charge in [-0.2, -0.15) is 0 Å². The van der Waals surface area contributed by atoms with E-state index in [0.717, 1.165) is 32.4 Å². The number of ether oxygens (including phenoxy) is 1. The normalized spacial score (nSPS) is 28.4. The first-order valence-electron chi connectivity index (χ1n) is 7.28. The van der Waals surface area contributed by atoms with E-state index in [-0.39, 0.29) is 24.6 Å². The smallest absolute Gasteiger partial charge is 0.409 e. The molecule has 112 valence electrons. The molecular formula is C13H28N4O2. The van der Waals surface area contributed by atoms with Gasteiger partial charge in [-0.1, -0.05) is 19.3 Å². The van der Waals surface area contributed by atoms with E-state index in [1.165, 1.54) is 32.1 Å². The summed E-state index contributed by atoms with van der Waals surface area (Å²) in [5, 5.41) is 9.50. The molecule has 2 rings (SSSR count). The van der Waals surface area contributed by atoms with Crippen LogP contribution in [0.1, 0.15) is 51.4 Å². The van der Waals surface area contributed by atoms with Crippen molar-refractivity contribution in [3.8, 4) is 0 Å². The fourth-order valence-corrected chi connectivity index (χ4v) is 2.55. The first kappa shape index (κ1) is 16.2. The van der Waals surface area contributed by atoms with E-state index in [1.807, 2.05) is 0 Å². The molecular weight excluding hydrogens is 244 g/mol. The molecule has 0 aliphatic carbocycles. The van der Waals surface area contributed by atoms with E-state index in [0.29, 0.717) is 0 Å². The topological polar surface area (TPSA) is 97.4 Å². The molecule has 0 radical (unpaired) electrons. The molecule has 2 heterocycles. The van der Waals surface area contributed by atoms with Crippen LogP contribution in [-0.2, 0) is 4.74 Å². The maximum absolute atomic E-state index is 11.8. The van der Waals surface area contributed by atoms with Crippen LogP contribution < -0.4 is 22.1 Å². The monoisotopic (exact) mass is 272 g/mol. The molecule has 19 heavy (non-hydrogen) atoms. The Morgan fingerprint density at radius 2 is 1.63 bits per heavy atom. The van der Waals surface area contributed by atoms with Gasteiger partial charge in [0.05, 0.1) is 6.17 Å². The highest BCUT2D eigenvalue weighted by Crippen LogP contribution is 2.10. The molecule has 6 nitrogen and oxygen atoms in total. The van der Waals surface area contributed by atoms with Crippen LogP contribution in [0.3, 0.4) is 0 Å². The summed E-state index contributed by atoms with van der Waals surface area (Å²) in [4.78, 5) is 11.8. The summed E-state index contributed by atoms with van der Waals surface area (Å²) in [5.74, 6) is 0. The largest absolute Gasteiger partial charge is 0.430 e. The first-order valence-corrected chi connectivity index (χ1v) is 7.28. The number of alkyl carbamates (subject to hydrolysis) is 1. The van der Waals surface area contributed by atoms with Gasteiger partial charge in [0.1, 0.15) is 0 Å². The minimum absolute atomic E-state index is 0. The van der Waals surface area contributed by atoms with Gasteiger partial charge in [-0.3, -0.25) is 10.6 Å². The van der Waals surface area contributed by atoms with Gasteiger partial charge in [-0.25, -0.2) is 4.79 Å². The molecule has 6 heteroatoms. The zero-order valence-electron chi connectivity index (χ0n) is 11.7. The van der Waals surface area contributed by atoms with Gasteiger partial charge in [-0.05, 0) is 45.2 Å². The predicted octanol–water partition coefficient (Wildman–Crippen LogP) is 1.85. The third kappa shape index (κ3) is 6.22. The van der Waals surface area contributed by atoms with Gasteiger partial charge in [0.2, 0.25) is 0 Å². The summed E-state index contributed by atoms with van der Waals surface area (Å²) in [6.45, 7) is 1.92. The highest BCUT2D eigenvalue weighted by atomic mass is 16.6. The molecule has 0 aromatic rings. The Kier molecular flexibility index (Phi) is 7.78. The molecule has 2 atom stereocenters. The second kappa shape index (κ2) is 9.12. The van der Waals surface area contributed by atoms with Crippen LogP contribution in [0.4, 0.5) is 4.79 Å². The van der Waals surface area contributed by atoms with Crippen LogP contribution in [0, 0.1) is 0 Å². The summed E-state index contributed by atoms with van der Waals surface area (Å²) in [6, 6.07) is 0. The van der Waals surface area contributed by atoms with Crippen molar-refractivity contribution in [3.63, 3.8) is 0 Å². The Hall–Kier alpha value is -0.850. The minimum Gasteiger partial charge on any atom is -0.430 e. The van der Waals surface area contributed by atoms with Crippen molar-refractivity contribution in [2.24, 2.45) is 0 Å². The highest BCUT2D eigenvalue weighted by molar-refractivity contribution is 5.67. The molecule has 2 saturated heterocycles. The Labute approximate surface area is 115 Å².